The summed E-state index contributed by atoms with van der Waals surface area (Å²) < 4.78 is 0. The lowest BCUT2D eigenvalue weighted by molar-refractivity contribution is 1.11. The zero-order valence-corrected chi connectivity index (χ0v) is 13.4. The van der Waals surface area contributed by atoms with Gasteiger partial charge in [-0.1, -0.05) is 23.2 Å². The van der Waals surface area contributed by atoms with Gasteiger partial charge in [0.05, 0.1) is 0 Å². The molecule has 0 amide bonds. The second-order valence-electron chi connectivity index (χ2n) is 4.98. The molecule has 0 aromatic heterocycles. The summed E-state index contributed by atoms with van der Waals surface area (Å²) in [7, 11) is 4.07. The fraction of sp³-hybridized carbons (Fsp3) is 0.250. The van der Waals surface area contributed by atoms with E-state index in [9.17, 15) is 0 Å². The molecule has 0 saturated heterocycles. The van der Waals surface area contributed by atoms with Gasteiger partial charge in [0.25, 0.3) is 0 Å². The van der Waals surface area contributed by atoms with Crippen molar-refractivity contribution in [2.45, 2.75) is 13.5 Å². The molecular weight excluding hydrogens is 291 g/mol. The molecule has 1 N–H and O–H groups in total. The monoisotopic (exact) mass is 308 g/mol. The third-order valence-electron chi connectivity index (χ3n) is 3.20. The van der Waals surface area contributed by atoms with Gasteiger partial charge in [-0.3, -0.25) is 0 Å². The maximum Gasteiger partial charge on any atom is 0.0456 e. The van der Waals surface area contributed by atoms with E-state index < -0.39 is 0 Å². The predicted octanol–water partition coefficient (Wildman–Crippen LogP) is 4.98. The van der Waals surface area contributed by atoms with Crippen LogP contribution in [0, 0.1) is 6.92 Å². The Balaban J connectivity index is 2.13. The molecule has 2 aromatic rings. The number of aryl methyl sites for hydroxylation is 1. The van der Waals surface area contributed by atoms with Crippen molar-refractivity contribution in [1.82, 2.24) is 0 Å². The number of benzene rings is 2. The summed E-state index contributed by atoms with van der Waals surface area (Å²) in [5.74, 6) is 0. The second-order valence-corrected chi connectivity index (χ2v) is 5.83. The van der Waals surface area contributed by atoms with Crippen LogP contribution in [0.2, 0.25) is 10.0 Å². The number of halogens is 2. The average Bonchev–Trinajstić information content (AvgIpc) is 2.40. The molecule has 0 heterocycles. The summed E-state index contributed by atoms with van der Waals surface area (Å²) >= 11 is 12.2. The molecule has 0 aliphatic heterocycles. The van der Waals surface area contributed by atoms with Gasteiger partial charge in [-0.05, 0) is 54.4 Å². The molecule has 2 rings (SSSR count). The van der Waals surface area contributed by atoms with Crippen LogP contribution < -0.4 is 10.2 Å². The number of hydrogen-bond donors (Lipinski definition) is 1. The average molecular weight is 309 g/mol. The van der Waals surface area contributed by atoms with Crippen LogP contribution in [0.25, 0.3) is 0 Å². The van der Waals surface area contributed by atoms with Crippen LogP contribution in [0.1, 0.15) is 11.1 Å². The quantitative estimate of drug-likeness (QED) is 0.857. The first-order valence-electron chi connectivity index (χ1n) is 6.43. The number of nitrogens with one attached hydrogen (secondary N) is 1. The van der Waals surface area contributed by atoms with Gasteiger partial charge < -0.3 is 10.2 Å². The van der Waals surface area contributed by atoms with Crippen LogP contribution in [0.4, 0.5) is 11.4 Å². The minimum Gasteiger partial charge on any atom is -0.381 e. The minimum atomic E-state index is 0.654. The normalized spacial score (nSPS) is 10.4. The number of hydrogen-bond acceptors (Lipinski definition) is 2. The van der Waals surface area contributed by atoms with Crippen LogP contribution in [-0.4, -0.2) is 14.1 Å². The standard InChI is InChI=1S/C16H18Cl2N2/c1-11-8-14(20(2)3)5-7-16(11)19-10-12-9-13(17)4-6-15(12)18/h4-9,19H,10H2,1-3H3. The summed E-state index contributed by atoms with van der Waals surface area (Å²) in [6.45, 7) is 2.75. The lowest BCUT2D eigenvalue weighted by Gasteiger charge is -2.16. The molecule has 0 radical (unpaired) electrons. The summed E-state index contributed by atoms with van der Waals surface area (Å²) in [6, 6.07) is 11.8. The topological polar surface area (TPSA) is 15.3 Å². The van der Waals surface area contributed by atoms with Crippen molar-refractivity contribution < 1.29 is 0 Å². The van der Waals surface area contributed by atoms with Crippen molar-refractivity contribution >= 4 is 34.6 Å². The van der Waals surface area contributed by atoms with E-state index in [1.807, 2.05) is 26.2 Å². The minimum absolute atomic E-state index is 0.654. The Kier molecular flexibility index (Phi) is 4.79. The van der Waals surface area contributed by atoms with Crippen LogP contribution in [0.15, 0.2) is 36.4 Å². The van der Waals surface area contributed by atoms with Gasteiger partial charge in [0.1, 0.15) is 0 Å². The number of rotatable bonds is 4. The molecule has 0 saturated carbocycles. The van der Waals surface area contributed by atoms with E-state index in [1.54, 1.807) is 6.07 Å². The summed E-state index contributed by atoms with van der Waals surface area (Å²) in [4.78, 5) is 2.09. The largest absolute Gasteiger partial charge is 0.381 e. The molecule has 0 unspecified atom stereocenters. The van der Waals surface area contributed by atoms with E-state index in [0.717, 1.165) is 16.3 Å². The van der Waals surface area contributed by atoms with E-state index in [-0.39, 0.29) is 0 Å². The maximum atomic E-state index is 6.16. The van der Waals surface area contributed by atoms with Gasteiger partial charge in [0.2, 0.25) is 0 Å². The van der Waals surface area contributed by atoms with Crippen molar-refractivity contribution in [3.8, 4) is 0 Å². The second kappa shape index (κ2) is 6.38. The van der Waals surface area contributed by atoms with Crippen molar-refractivity contribution in [2.24, 2.45) is 0 Å². The SMILES string of the molecule is Cc1cc(N(C)C)ccc1NCc1cc(Cl)ccc1Cl. The van der Waals surface area contributed by atoms with E-state index in [4.69, 9.17) is 23.2 Å². The highest BCUT2D eigenvalue weighted by Crippen LogP contribution is 2.24. The Morgan fingerprint density at radius 3 is 2.45 bits per heavy atom. The Morgan fingerprint density at radius 1 is 1.05 bits per heavy atom. The van der Waals surface area contributed by atoms with Crippen molar-refractivity contribution in [1.29, 1.82) is 0 Å². The zero-order valence-electron chi connectivity index (χ0n) is 11.9. The van der Waals surface area contributed by atoms with Gasteiger partial charge >= 0.3 is 0 Å². The van der Waals surface area contributed by atoms with Crippen molar-refractivity contribution in [3.05, 3.63) is 57.6 Å². The first-order valence-corrected chi connectivity index (χ1v) is 7.19. The molecule has 20 heavy (non-hydrogen) atoms. The highest BCUT2D eigenvalue weighted by Gasteiger charge is 2.04. The third kappa shape index (κ3) is 3.59. The van der Waals surface area contributed by atoms with Crippen LogP contribution in [-0.2, 0) is 6.54 Å². The Morgan fingerprint density at radius 2 is 1.80 bits per heavy atom. The fourth-order valence-electron chi connectivity index (χ4n) is 1.99. The predicted molar refractivity (Wildman–Crippen MR) is 89.3 cm³/mol. The van der Waals surface area contributed by atoms with Gasteiger partial charge in [-0.25, -0.2) is 0 Å². The van der Waals surface area contributed by atoms with Gasteiger partial charge in [0, 0.05) is 42.1 Å². The summed E-state index contributed by atoms with van der Waals surface area (Å²) in [5, 5.41) is 4.83. The van der Waals surface area contributed by atoms with Crippen LogP contribution in [0.3, 0.4) is 0 Å². The number of anilines is 2. The van der Waals surface area contributed by atoms with Gasteiger partial charge in [0.15, 0.2) is 0 Å². The zero-order chi connectivity index (χ0) is 14.7. The molecular formula is C16H18Cl2N2. The fourth-order valence-corrected chi connectivity index (χ4v) is 2.37. The first-order chi connectivity index (χ1) is 9.47. The smallest absolute Gasteiger partial charge is 0.0456 e. The van der Waals surface area contributed by atoms with E-state index in [0.29, 0.717) is 11.6 Å². The highest BCUT2D eigenvalue weighted by atomic mass is 35.5. The Labute approximate surface area is 130 Å². The first kappa shape index (κ1) is 15.0. The molecule has 0 spiro atoms. The van der Waals surface area contributed by atoms with Gasteiger partial charge in [-0.2, -0.15) is 0 Å². The molecule has 2 nitrogen and oxygen atoms in total. The third-order valence-corrected chi connectivity index (χ3v) is 3.81. The van der Waals surface area contributed by atoms with Crippen LogP contribution in [0.5, 0.6) is 0 Å². The van der Waals surface area contributed by atoms with E-state index in [1.165, 1.54) is 11.3 Å². The molecule has 4 heteroatoms. The number of nitrogens with zero attached hydrogens (tertiary/aromatic N) is 1. The Hall–Kier alpha value is -1.38. The molecule has 106 valence electrons. The molecule has 2 aromatic carbocycles. The van der Waals surface area contributed by atoms with Crippen molar-refractivity contribution in [3.63, 3.8) is 0 Å². The Bertz CT molecular complexity index is 609. The molecule has 0 aliphatic rings. The lowest BCUT2D eigenvalue weighted by Crippen LogP contribution is -2.09. The molecule has 0 aliphatic carbocycles. The molecule has 0 atom stereocenters. The van der Waals surface area contributed by atoms with Gasteiger partial charge in [-0.15, -0.1) is 0 Å². The van der Waals surface area contributed by atoms with Crippen molar-refractivity contribution in [2.75, 3.05) is 24.3 Å². The summed E-state index contributed by atoms with van der Waals surface area (Å²) in [6.07, 6.45) is 0. The maximum absolute atomic E-state index is 6.16. The van der Waals surface area contributed by atoms with E-state index >= 15 is 0 Å². The molecule has 0 fully saturated rings. The molecule has 0 bridgehead atoms. The summed E-state index contributed by atoms with van der Waals surface area (Å²) in [5.41, 5.74) is 4.49. The highest BCUT2D eigenvalue weighted by molar-refractivity contribution is 6.33. The van der Waals surface area contributed by atoms with Crippen LogP contribution >= 0.6 is 23.2 Å². The lowest BCUT2D eigenvalue weighted by atomic mass is 10.1. The van der Waals surface area contributed by atoms with E-state index in [2.05, 4.69) is 35.3 Å².